The molecule has 1 aromatic carbocycles. The van der Waals surface area contributed by atoms with E-state index < -0.39 is 11.7 Å². The van der Waals surface area contributed by atoms with Crippen LogP contribution in [0.15, 0.2) is 46.8 Å². The maximum Gasteiger partial charge on any atom is 0.416 e. The Morgan fingerprint density at radius 3 is 2.65 bits per heavy atom. The highest BCUT2D eigenvalue weighted by atomic mass is 127. The monoisotopic (exact) mass is 455 g/mol. The Labute approximate surface area is 153 Å². The molecule has 23 heavy (non-hydrogen) atoms. The van der Waals surface area contributed by atoms with Crippen molar-refractivity contribution in [2.24, 2.45) is 10.7 Å². The molecule has 0 radical (unpaired) electrons. The van der Waals surface area contributed by atoms with E-state index in [1.165, 1.54) is 10.9 Å². The molecule has 0 saturated carbocycles. The highest BCUT2D eigenvalue weighted by molar-refractivity contribution is 14.0. The Morgan fingerprint density at radius 2 is 2.00 bits per heavy atom. The van der Waals surface area contributed by atoms with Crippen molar-refractivity contribution in [1.29, 1.82) is 0 Å². The molecular formula is C15H17F3IN3S. The van der Waals surface area contributed by atoms with Crippen LogP contribution in [0.1, 0.15) is 16.0 Å². The first kappa shape index (κ1) is 19.8. The average molecular weight is 455 g/mol. The van der Waals surface area contributed by atoms with Gasteiger partial charge < -0.3 is 11.1 Å². The van der Waals surface area contributed by atoms with Crippen molar-refractivity contribution in [2.75, 3.05) is 6.54 Å². The largest absolute Gasteiger partial charge is 0.416 e. The summed E-state index contributed by atoms with van der Waals surface area (Å²) in [7, 11) is 0. The zero-order valence-corrected chi connectivity index (χ0v) is 15.3. The van der Waals surface area contributed by atoms with Crippen LogP contribution in [-0.4, -0.2) is 12.5 Å². The first-order valence-corrected chi connectivity index (χ1v) is 7.55. The minimum atomic E-state index is -4.34. The minimum Gasteiger partial charge on any atom is -0.370 e. The van der Waals surface area contributed by atoms with Gasteiger partial charge in [-0.3, -0.25) is 0 Å². The number of nitrogens with zero attached hydrogens (tertiary/aromatic N) is 1. The fourth-order valence-electron chi connectivity index (χ4n) is 1.85. The molecule has 0 unspecified atom stereocenters. The molecule has 0 fully saturated rings. The van der Waals surface area contributed by atoms with Crippen molar-refractivity contribution in [2.45, 2.75) is 19.1 Å². The van der Waals surface area contributed by atoms with Crippen LogP contribution in [0.2, 0.25) is 0 Å². The molecule has 2 rings (SSSR count). The lowest BCUT2D eigenvalue weighted by molar-refractivity contribution is -0.137. The number of nitrogens with two attached hydrogens (primary N) is 1. The van der Waals surface area contributed by atoms with Crippen molar-refractivity contribution < 1.29 is 13.2 Å². The van der Waals surface area contributed by atoms with Crippen molar-refractivity contribution in [3.05, 3.63) is 57.8 Å². The van der Waals surface area contributed by atoms with Crippen LogP contribution >= 0.6 is 35.3 Å². The van der Waals surface area contributed by atoms with Gasteiger partial charge in [0.15, 0.2) is 5.96 Å². The normalized spacial score (nSPS) is 11.9. The first-order chi connectivity index (χ1) is 10.4. The minimum absolute atomic E-state index is 0. The summed E-state index contributed by atoms with van der Waals surface area (Å²) in [5.74, 6) is 0.231. The second kappa shape index (κ2) is 9.11. The SMILES string of the molecule is I.NC(=NCc1cccc(C(F)(F)F)c1)NCCc1cccs1. The lowest BCUT2D eigenvalue weighted by atomic mass is 10.1. The van der Waals surface area contributed by atoms with Gasteiger partial charge in [-0.05, 0) is 35.6 Å². The molecule has 3 N–H and O–H groups in total. The number of thiophene rings is 1. The molecule has 1 heterocycles. The van der Waals surface area contributed by atoms with Gasteiger partial charge in [0.25, 0.3) is 0 Å². The summed E-state index contributed by atoms with van der Waals surface area (Å²) in [6.45, 7) is 0.750. The molecule has 0 atom stereocenters. The molecule has 126 valence electrons. The van der Waals surface area contributed by atoms with E-state index in [0.717, 1.165) is 18.6 Å². The van der Waals surface area contributed by atoms with Crippen LogP contribution in [0, 0.1) is 0 Å². The zero-order valence-electron chi connectivity index (χ0n) is 12.1. The third kappa shape index (κ3) is 6.78. The number of halogens is 4. The molecule has 8 heteroatoms. The standard InChI is InChI=1S/C15H16F3N3S.HI/c16-15(17,18)12-4-1-3-11(9-12)10-21-14(19)20-7-6-13-5-2-8-22-13;/h1-5,8-9H,6-7,10H2,(H3,19,20,21);1H. The number of benzene rings is 1. The van der Waals surface area contributed by atoms with E-state index >= 15 is 0 Å². The summed E-state index contributed by atoms with van der Waals surface area (Å²) < 4.78 is 37.8. The van der Waals surface area contributed by atoms with Gasteiger partial charge in [-0.15, -0.1) is 35.3 Å². The summed E-state index contributed by atoms with van der Waals surface area (Å²) in [6.07, 6.45) is -3.51. The van der Waals surface area contributed by atoms with E-state index in [-0.39, 0.29) is 36.5 Å². The molecule has 1 aromatic heterocycles. The highest BCUT2D eigenvalue weighted by Gasteiger charge is 2.30. The predicted molar refractivity (Wildman–Crippen MR) is 98.2 cm³/mol. The Bertz CT molecular complexity index is 627. The number of aliphatic imine (C=N–C) groups is 1. The van der Waals surface area contributed by atoms with E-state index in [4.69, 9.17) is 5.73 Å². The van der Waals surface area contributed by atoms with Crippen LogP contribution in [0.4, 0.5) is 13.2 Å². The molecule has 2 aromatic rings. The quantitative estimate of drug-likeness (QED) is 0.407. The molecular weight excluding hydrogens is 438 g/mol. The van der Waals surface area contributed by atoms with E-state index in [9.17, 15) is 13.2 Å². The van der Waals surface area contributed by atoms with E-state index in [2.05, 4.69) is 10.3 Å². The Balaban J connectivity index is 0.00000264. The summed E-state index contributed by atoms with van der Waals surface area (Å²) in [5, 5.41) is 4.95. The second-order valence-corrected chi connectivity index (χ2v) is 5.69. The maximum absolute atomic E-state index is 12.6. The van der Waals surface area contributed by atoms with Gasteiger partial charge in [-0.2, -0.15) is 13.2 Å². The predicted octanol–water partition coefficient (Wildman–Crippen LogP) is 4.03. The fourth-order valence-corrected chi connectivity index (χ4v) is 2.56. The third-order valence-corrected chi connectivity index (χ3v) is 3.88. The summed E-state index contributed by atoms with van der Waals surface area (Å²) in [5.41, 5.74) is 5.50. The second-order valence-electron chi connectivity index (χ2n) is 4.66. The summed E-state index contributed by atoms with van der Waals surface area (Å²) in [4.78, 5) is 5.29. The molecule has 3 nitrogen and oxygen atoms in total. The number of nitrogens with one attached hydrogen (secondary N) is 1. The van der Waals surface area contributed by atoms with Crippen molar-refractivity contribution in [3.8, 4) is 0 Å². The van der Waals surface area contributed by atoms with Crippen molar-refractivity contribution in [1.82, 2.24) is 5.32 Å². The Morgan fingerprint density at radius 1 is 1.22 bits per heavy atom. The zero-order chi connectivity index (χ0) is 16.0. The lowest BCUT2D eigenvalue weighted by Gasteiger charge is -2.08. The smallest absolute Gasteiger partial charge is 0.370 e. The van der Waals surface area contributed by atoms with Gasteiger partial charge in [-0.25, -0.2) is 4.99 Å². The maximum atomic E-state index is 12.6. The molecule has 0 saturated heterocycles. The average Bonchev–Trinajstić information content (AvgIpc) is 2.98. The van der Waals surface area contributed by atoms with Crippen LogP contribution in [0.5, 0.6) is 0 Å². The van der Waals surface area contributed by atoms with E-state index in [1.807, 2.05) is 17.5 Å². The number of guanidine groups is 1. The number of rotatable bonds is 5. The van der Waals surface area contributed by atoms with Crippen LogP contribution in [0.25, 0.3) is 0 Å². The Hall–Kier alpha value is -1.29. The topological polar surface area (TPSA) is 50.4 Å². The van der Waals surface area contributed by atoms with Crippen LogP contribution in [0.3, 0.4) is 0 Å². The fraction of sp³-hybridized carbons (Fsp3) is 0.267. The van der Waals surface area contributed by atoms with Crippen molar-refractivity contribution in [3.63, 3.8) is 0 Å². The van der Waals surface area contributed by atoms with E-state index in [0.29, 0.717) is 12.1 Å². The molecule has 0 aliphatic rings. The van der Waals surface area contributed by atoms with Gasteiger partial charge in [0, 0.05) is 11.4 Å². The van der Waals surface area contributed by atoms with Gasteiger partial charge in [-0.1, -0.05) is 18.2 Å². The van der Waals surface area contributed by atoms with Crippen LogP contribution in [-0.2, 0) is 19.1 Å². The van der Waals surface area contributed by atoms with Gasteiger partial charge in [0.2, 0.25) is 0 Å². The molecule has 0 aliphatic carbocycles. The van der Waals surface area contributed by atoms with Crippen LogP contribution < -0.4 is 11.1 Å². The molecule has 0 amide bonds. The highest BCUT2D eigenvalue weighted by Crippen LogP contribution is 2.29. The molecule has 0 bridgehead atoms. The van der Waals surface area contributed by atoms with E-state index in [1.54, 1.807) is 17.4 Å². The van der Waals surface area contributed by atoms with Gasteiger partial charge >= 0.3 is 6.18 Å². The Kier molecular flexibility index (Phi) is 7.83. The third-order valence-electron chi connectivity index (χ3n) is 2.94. The summed E-state index contributed by atoms with van der Waals surface area (Å²) >= 11 is 1.66. The van der Waals surface area contributed by atoms with Gasteiger partial charge in [0.1, 0.15) is 0 Å². The lowest BCUT2D eigenvalue weighted by Crippen LogP contribution is -2.33. The summed E-state index contributed by atoms with van der Waals surface area (Å²) in [6, 6.07) is 9.09. The number of hydrogen-bond acceptors (Lipinski definition) is 2. The first-order valence-electron chi connectivity index (χ1n) is 6.67. The number of hydrogen-bond donors (Lipinski definition) is 2. The van der Waals surface area contributed by atoms with Gasteiger partial charge in [0.05, 0.1) is 12.1 Å². The molecule has 0 aliphatic heterocycles. The number of alkyl halides is 3. The van der Waals surface area contributed by atoms with Crippen molar-refractivity contribution >= 4 is 41.3 Å². The molecule has 0 spiro atoms.